The van der Waals surface area contributed by atoms with Crippen molar-refractivity contribution in [2.45, 2.75) is 12.5 Å². The third kappa shape index (κ3) is 3.36. The van der Waals surface area contributed by atoms with Crippen LogP contribution in [0.4, 0.5) is 8.78 Å². The van der Waals surface area contributed by atoms with Gasteiger partial charge < -0.3 is 5.32 Å². The van der Waals surface area contributed by atoms with Gasteiger partial charge in [-0.1, -0.05) is 6.07 Å². The fourth-order valence-electron chi connectivity index (χ4n) is 1.94. The van der Waals surface area contributed by atoms with E-state index in [4.69, 9.17) is 0 Å². The van der Waals surface area contributed by atoms with E-state index in [0.717, 1.165) is 5.56 Å². The molecule has 100 valence electrons. The van der Waals surface area contributed by atoms with E-state index in [0.29, 0.717) is 16.5 Å². The van der Waals surface area contributed by atoms with Crippen LogP contribution in [0.25, 0.3) is 0 Å². The highest BCUT2D eigenvalue weighted by atomic mass is 79.9. The van der Waals surface area contributed by atoms with Gasteiger partial charge in [-0.05, 0) is 53.2 Å². The standard InChI is InChI=1S/C14H13BrF2N2/c1-18-14(10-4-5-19-8-13(10)17)7-9-2-3-12(16)11(15)6-9/h2-6,8,14,18H,7H2,1H3. The number of hydrogen-bond donors (Lipinski definition) is 1. The van der Waals surface area contributed by atoms with Crippen LogP contribution in [-0.4, -0.2) is 12.0 Å². The second-order valence-corrected chi connectivity index (χ2v) is 5.05. The quantitative estimate of drug-likeness (QED) is 0.928. The van der Waals surface area contributed by atoms with Crippen LogP contribution in [0.2, 0.25) is 0 Å². The summed E-state index contributed by atoms with van der Waals surface area (Å²) in [6.07, 6.45) is 3.32. The Morgan fingerprint density at radius 2 is 2.05 bits per heavy atom. The minimum absolute atomic E-state index is 0.180. The number of halogens is 3. The number of aromatic nitrogens is 1. The topological polar surface area (TPSA) is 24.9 Å². The highest BCUT2D eigenvalue weighted by molar-refractivity contribution is 9.10. The zero-order valence-corrected chi connectivity index (χ0v) is 11.9. The van der Waals surface area contributed by atoms with Gasteiger partial charge in [0.25, 0.3) is 0 Å². The Bertz CT molecular complexity index is 575. The molecule has 2 aromatic rings. The maximum atomic E-state index is 13.7. The summed E-state index contributed by atoms with van der Waals surface area (Å²) in [5.74, 6) is -0.650. The second-order valence-electron chi connectivity index (χ2n) is 4.19. The van der Waals surface area contributed by atoms with Gasteiger partial charge in [0, 0.05) is 17.8 Å². The molecule has 1 N–H and O–H groups in total. The van der Waals surface area contributed by atoms with Gasteiger partial charge in [0.15, 0.2) is 0 Å². The lowest BCUT2D eigenvalue weighted by atomic mass is 9.99. The highest BCUT2D eigenvalue weighted by Crippen LogP contribution is 2.23. The van der Waals surface area contributed by atoms with Gasteiger partial charge in [0.1, 0.15) is 11.6 Å². The first-order valence-electron chi connectivity index (χ1n) is 5.82. The Balaban J connectivity index is 2.24. The largest absolute Gasteiger partial charge is 0.313 e. The summed E-state index contributed by atoms with van der Waals surface area (Å²) >= 11 is 3.15. The molecule has 2 nitrogen and oxygen atoms in total. The van der Waals surface area contributed by atoms with Crippen molar-refractivity contribution in [2.75, 3.05) is 7.05 Å². The fourth-order valence-corrected chi connectivity index (χ4v) is 2.36. The van der Waals surface area contributed by atoms with Crippen molar-refractivity contribution >= 4 is 15.9 Å². The summed E-state index contributed by atoms with van der Waals surface area (Å²) in [4.78, 5) is 3.73. The molecule has 0 bridgehead atoms. The number of rotatable bonds is 4. The maximum absolute atomic E-state index is 13.7. The minimum Gasteiger partial charge on any atom is -0.313 e. The van der Waals surface area contributed by atoms with E-state index in [2.05, 4.69) is 26.2 Å². The van der Waals surface area contributed by atoms with Gasteiger partial charge in [-0.3, -0.25) is 4.98 Å². The van der Waals surface area contributed by atoms with Gasteiger partial charge in [-0.2, -0.15) is 0 Å². The Labute approximate surface area is 119 Å². The summed E-state index contributed by atoms with van der Waals surface area (Å²) in [7, 11) is 1.77. The average molecular weight is 327 g/mol. The molecule has 19 heavy (non-hydrogen) atoms. The lowest BCUT2D eigenvalue weighted by Crippen LogP contribution is -2.20. The molecule has 0 aliphatic rings. The van der Waals surface area contributed by atoms with Gasteiger partial charge in [0.2, 0.25) is 0 Å². The molecule has 1 unspecified atom stereocenters. The first-order chi connectivity index (χ1) is 9.11. The Morgan fingerprint density at radius 1 is 1.26 bits per heavy atom. The maximum Gasteiger partial charge on any atom is 0.146 e. The summed E-state index contributed by atoms with van der Waals surface area (Å²) in [6.45, 7) is 0. The van der Waals surface area contributed by atoms with Crippen molar-refractivity contribution in [2.24, 2.45) is 0 Å². The Morgan fingerprint density at radius 3 is 2.68 bits per heavy atom. The third-order valence-corrected chi connectivity index (χ3v) is 3.56. The van der Waals surface area contributed by atoms with Crippen molar-refractivity contribution < 1.29 is 8.78 Å². The number of pyridine rings is 1. The molecule has 1 aromatic carbocycles. The summed E-state index contributed by atoms with van der Waals surface area (Å²) < 4.78 is 27.3. The van der Waals surface area contributed by atoms with E-state index in [1.807, 2.05) is 0 Å². The molecule has 1 aromatic heterocycles. The monoisotopic (exact) mass is 326 g/mol. The number of nitrogens with one attached hydrogen (secondary N) is 1. The molecule has 1 heterocycles. The van der Waals surface area contributed by atoms with Crippen LogP contribution >= 0.6 is 15.9 Å². The van der Waals surface area contributed by atoms with E-state index in [1.165, 1.54) is 12.3 Å². The normalized spacial score (nSPS) is 12.4. The van der Waals surface area contributed by atoms with Gasteiger partial charge in [0.05, 0.1) is 10.7 Å². The predicted molar refractivity (Wildman–Crippen MR) is 73.8 cm³/mol. The molecular formula is C14H13BrF2N2. The first-order valence-corrected chi connectivity index (χ1v) is 6.61. The molecule has 2 rings (SSSR count). The Hall–Kier alpha value is -1.33. The van der Waals surface area contributed by atoms with Gasteiger partial charge in [-0.15, -0.1) is 0 Å². The second kappa shape index (κ2) is 6.21. The fraction of sp³-hybridized carbons (Fsp3) is 0.214. The van der Waals surface area contributed by atoms with Crippen molar-refractivity contribution in [3.05, 3.63) is 63.9 Å². The van der Waals surface area contributed by atoms with Crippen LogP contribution in [0, 0.1) is 11.6 Å². The van der Waals surface area contributed by atoms with Crippen LogP contribution in [0.5, 0.6) is 0 Å². The molecule has 0 aliphatic heterocycles. The van der Waals surface area contributed by atoms with Crippen LogP contribution < -0.4 is 5.32 Å². The van der Waals surface area contributed by atoms with E-state index in [1.54, 1.807) is 31.4 Å². The molecule has 0 fully saturated rings. The van der Waals surface area contributed by atoms with Gasteiger partial charge in [-0.25, -0.2) is 8.78 Å². The lowest BCUT2D eigenvalue weighted by Gasteiger charge is -2.17. The number of nitrogens with zero attached hydrogens (tertiary/aromatic N) is 1. The van der Waals surface area contributed by atoms with E-state index >= 15 is 0 Å². The number of hydrogen-bond acceptors (Lipinski definition) is 2. The van der Waals surface area contributed by atoms with Crippen molar-refractivity contribution in [1.82, 2.24) is 10.3 Å². The molecule has 0 spiro atoms. The van der Waals surface area contributed by atoms with Crippen LogP contribution in [0.1, 0.15) is 17.2 Å². The van der Waals surface area contributed by atoms with E-state index in [-0.39, 0.29) is 17.7 Å². The minimum atomic E-state index is -0.344. The van der Waals surface area contributed by atoms with Crippen LogP contribution in [0.15, 0.2) is 41.1 Å². The molecule has 1 atom stereocenters. The smallest absolute Gasteiger partial charge is 0.146 e. The van der Waals surface area contributed by atoms with E-state index in [9.17, 15) is 8.78 Å². The molecule has 0 radical (unpaired) electrons. The highest BCUT2D eigenvalue weighted by Gasteiger charge is 2.15. The van der Waals surface area contributed by atoms with E-state index < -0.39 is 0 Å². The predicted octanol–water partition coefficient (Wildman–Crippen LogP) is 3.63. The molecule has 0 saturated heterocycles. The average Bonchev–Trinajstić information content (AvgIpc) is 2.41. The summed E-state index contributed by atoms with van der Waals surface area (Å²) in [5, 5.41) is 3.06. The van der Waals surface area contributed by atoms with Crippen LogP contribution in [-0.2, 0) is 6.42 Å². The molecule has 5 heteroatoms. The summed E-state index contributed by atoms with van der Waals surface area (Å²) in [5.41, 5.74) is 1.47. The lowest BCUT2D eigenvalue weighted by molar-refractivity contribution is 0.529. The summed E-state index contributed by atoms with van der Waals surface area (Å²) in [6, 6.07) is 6.27. The SMILES string of the molecule is CNC(Cc1ccc(F)c(Br)c1)c1ccncc1F. The zero-order chi connectivity index (χ0) is 13.8. The Kier molecular flexibility index (Phi) is 4.61. The molecular weight excluding hydrogens is 314 g/mol. The molecule has 0 amide bonds. The first kappa shape index (κ1) is 14.1. The zero-order valence-electron chi connectivity index (χ0n) is 10.3. The van der Waals surface area contributed by atoms with Crippen molar-refractivity contribution in [1.29, 1.82) is 0 Å². The molecule has 0 aliphatic carbocycles. The van der Waals surface area contributed by atoms with Gasteiger partial charge >= 0.3 is 0 Å². The van der Waals surface area contributed by atoms with Crippen molar-refractivity contribution in [3.8, 4) is 0 Å². The number of benzene rings is 1. The van der Waals surface area contributed by atoms with Crippen LogP contribution in [0.3, 0.4) is 0 Å². The third-order valence-electron chi connectivity index (χ3n) is 2.95. The molecule has 0 saturated carbocycles. The van der Waals surface area contributed by atoms with Crippen molar-refractivity contribution in [3.63, 3.8) is 0 Å². The number of likely N-dealkylation sites (N-methyl/N-ethyl adjacent to an activating group) is 1.